The van der Waals surface area contributed by atoms with Crippen molar-refractivity contribution in [3.8, 4) is 33.4 Å². The lowest BCUT2D eigenvalue weighted by Crippen LogP contribution is -2.10. The van der Waals surface area contributed by atoms with Crippen LogP contribution >= 0.6 is 0 Å². The van der Waals surface area contributed by atoms with Crippen LogP contribution in [0.1, 0.15) is 38.9 Å². The number of nitrogens with zero attached hydrogens (tertiary/aromatic N) is 5. The number of hydrogen-bond acceptors (Lipinski definition) is 5. The van der Waals surface area contributed by atoms with Gasteiger partial charge in [-0.25, -0.2) is 0 Å². The van der Waals surface area contributed by atoms with Gasteiger partial charge >= 0.3 is 0 Å². The summed E-state index contributed by atoms with van der Waals surface area (Å²) in [4.78, 5) is 11.6. The Balaban J connectivity index is 0.000000112. The highest BCUT2D eigenvalue weighted by Crippen LogP contribution is 2.45. The zero-order valence-corrected chi connectivity index (χ0v) is 80.2. The van der Waals surface area contributed by atoms with Crippen LogP contribution in [0.5, 0.6) is 0 Å². The number of anilines is 15. The van der Waals surface area contributed by atoms with Crippen molar-refractivity contribution in [2.45, 2.75) is 48.5 Å². The Kier molecular flexibility index (Phi) is 28.3. The quantitative estimate of drug-likeness (QED) is 0.0848. The molecule has 676 valence electrons. The molecule has 0 aliphatic heterocycles. The summed E-state index contributed by atoms with van der Waals surface area (Å²) in [5.41, 5.74) is 33.6. The highest BCUT2D eigenvalue weighted by molar-refractivity contribution is 5.97. The fourth-order valence-electron chi connectivity index (χ4n) is 18.2. The molecule has 5 nitrogen and oxygen atoms in total. The van der Waals surface area contributed by atoms with E-state index in [-0.39, 0.29) is 0 Å². The fraction of sp³-hybridized carbons (Fsp3) is 0.0519. The first-order valence-corrected chi connectivity index (χ1v) is 48.1. The molecule has 23 rings (SSSR count). The highest BCUT2D eigenvalue weighted by Gasteiger charge is 2.21. The molecule has 0 amide bonds. The first-order valence-electron chi connectivity index (χ1n) is 48.1. The SMILES string of the molecule is Cc1ccc(N(c2ccc(C)cc2)c2ccc3cc(C)ccc3c2)cc1.Cc1ccc(N(c2cccc(-c3ccccc3)c2)c2cccc(-c3ccccc3)c2)cc1.Cc1ccc(N(c2ccccc2)c2cccc(-c3ccccc3)c2)cc1.Cc1ccc2cc(N(c3ccc4ccccc4c3)c3ccc4ccccc4c3)ccc2c1.Cc1ccc2cc(N(c3ccccc3)c3ccccc3)ccc2c1. The fourth-order valence-corrected chi connectivity index (χ4v) is 18.2. The van der Waals surface area contributed by atoms with E-state index in [0.717, 1.165) is 62.6 Å². The molecule has 0 bridgehead atoms. The summed E-state index contributed by atoms with van der Waals surface area (Å²) in [5, 5.41) is 12.6. The van der Waals surface area contributed by atoms with Crippen LogP contribution < -0.4 is 24.5 Å². The van der Waals surface area contributed by atoms with Crippen molar-refractivity contribution in [1.82, 2.24) is 0 Å². The molecule has 5 heteroatoms. The molecule has 0 aliphatic rings. The maximum Gasteiger partial charge on any atom is 0.0468 e. The third kappa shape index (κ3) is 22.1. The average molecular weight is 1800 g/mol. The van der Waals surface area contributed by atoms with Crippen molar-refractivity contribution in [2.75, 3.05) is 24.5 Å². The van der Waals surface area contributed by atoms with Gasteiger partial charge in [0.25, 0.3) is 0 Å². The lowest BCUT2D eigenvalue weighted by Gasteiger charge is -2.26. The number of rotatable bonds is 18. The molecule has 0 radical (unpaired) electrons. The largest absolute Gasteiger partial charge is 0.310 e. The van der Waals surface area contributed by atoms with Crippen LogP contribution in [0.4, 0.5) is 85.3 Å². The number of benzene rings is 23. The van der Waals surface area contributed by atoms with Crippen LogP contribution in [0.15, 0.2) is 546 Å². The second-order valence-electron chi connectivity index (χ2n) is 35.9. The predicted molar refractivity (Wildman–Crippen MR) is 603 cm³/mol. The molecule has 23 aromatic carbocycles. The second-order valence-corrected chi connectivity index (χ2v) is 35.9. The van der Waals surface area contributed by atoms with E-state index >= 15 is 0 Å². The zero-order valence-electron chi connectivity index (χ0n) is 80.2. The van der Waals surface area contributed by atoms with Crippen molar-refractivity contribution in [2.24, 2.45) is 0 Å². The van der Waals surface area contributed by atoms with Crippen LogP contribution in [0.2, 0.25) is 0 Å². The van der Waals surface area contributed by atoms with Crippen molar-refractivity contribution >= 4 is 139 Å². The van der Waals surface area contributed by atoms with Gasteiger partial charge in [0, 0.05) is 85.3 Å². The van der Waals surface area contributed by atoms with Crippen LogP contribution in [-0.2, 0) is 0 Å². The van der Waals surface area contributed by atoms with Crippen molar-refractivity contribution < 1.29 is 0 Å². The molecule has 0 atom stereocenters. The first kappa shape index (κ1) is 91.5. The number of fused-ring (bicyclic) bond motifs is 5. The summed E-state index contributed by atoms with van der Waals surface area (Å²) in [7, 11) is 0. The second kappa shape index (κ2) is 43.4. The molecule has 0 saturated carbocycles. The van der Waals surface area contributed by atoms with Gasteiger partial charge < -0.3 is 24.5 Å². The molecule has 0 fully saturated rings. The molecule has 0 aromatic heterocycles. The lowest BCUT2D eigenvalue weighted by atomic mass is 10.0. The van der Waals surface area contributed by atoms with Gasteiger partial charge in [0.2, 0.25) is 0 Å². The standard InChI is InChI=1S/C31H23N.C31H25N.C25H23N.C25H21N.C23H19N/c1-22-10-11-28-21-31(17-14-27(28)18-22)32(29-15-12-23-6-2-4-8-25(23)19-29)30-16-13-24-7-3-5-9-26(24)20-30;1-24-18-20-29(21-19-24)32(30-16-8-14-27(22-30)25-10-4-2-5-11-25)31-17-9-15-28(23-31)26-12-6-3-7-13-26;1-18-5-11-23(12-6-18)26(24-13-7-19(2)8-14-24)25-15-10-21-16-20(3)4-9-22(21)17-25;1-20-15-17-24(18-16-20)26(23-12-6-3-7-13-23)25-14-8-11-22(19-25)21-9-4-2-5-10-21;1-18-12-13-20-17-23(15-14-19(20)16-18)24(21-8-4-2-5-9-21)22-10-6-3-7-11-22/h2-21H,1H3;2-23H,1H3;4-17H,1-3H3;2-19H,1H3;2-17H,1H3. The highest BCUT2D eigenvalue weighted by atomic mass is 15.2. The van der Waals surface area contributed by atoms with Gasteiger partial charge in [0.1, 0.15) is 0 Å². The van der Waals surface area contributed by atoms with E-state index in [1.54, 1.807) is 0 Å². The van der Waals surface area contributed by atoms with Crippen LogP contribution in [0, 0.1) is 48.5 Å². The van der Waals surface area contributed by atoms with Crippen LogP contribution in [0.25, 0.3) is 87.2 Å². The third-order valence-corrected chi connectivity index (χ3v) is 25.5. The molecule has 0 unspecified atom stereocenters. The Hall–Kier alpha value is -17.6. The Bertz CT molecular complexity index is 7850. The summed E-state index contributed by atoms with van der Waals surface area (Å²) < 4.78 is 0. The summed E-state index contributed by atoms with van der Waals surface area (Å²) in [5.74, 6) is 0. The minimum Gasteiger partial charge on any atom is -0.310 e. The molecule has 0 spiro atoms. The summed E-state index contributed by atoms with van der Waals surface area (Å²) >= 11 is 0. The monoisotopic (exact) mass is 1800 g/mol. The molecule has 140 heavy (non-hydrogen) atoms. The average Bonchev–Trinajstić information content (AvgIpc) is 0.714. The zero-order chi connectivity index (χ0) is 95.5. The molecular weight excluding hydrogens is 1690 g/mol. The summed E-state index contributed by atoms with van der Waals surface area (Å²) in [6.45, 7) is 14.9. The molecule has 0 aliphatic carbocycles. The Morgan fingerprint density at radius 2 is 0.243 bits per heavy atom. The van der Waals surface area contributed by atoms with Crippen LogP contribution in [0.3, 0.4) is 0 Å². The van der Waals surface area contributed by atoms with E-state index < -0.39 is 0 Å². The Morgan fingerprint density at radius 3 is 0.500 bits per heavy atom. The number of hydrogen-bond donors (Lipinski definition) is 0. The molecule has 0 N–H and O–H groups in total. The normalized spacial score (nSPS) is 10.8. The summed E-state index contributed by atoms with van der Waals surface area (Å²) in [6.07, 6.45) is 0. The van der Waals surface area contributed by atoms with Gasteiger partial charge in [0.15, 0.2) is 0 Å². The van der Waals surface area contributed by atoms with E-state index in [1.807, 2.05) is 0 Å². The van der Waals surface area contributed by atoms with Crippen molar-refractivity contribution in [3.05, 3.63) is 585 Å². The number of aryl methyl sites for hydroxylation is 7. The van der Waals surface area contributed by atoms with Gasteiger partial charge in [-0.3, -0.25) is 0 Å². The van der Waals surface area contributed by atoms with E-state index in [9.17, 15) is 0 Å². The Morgan fingerprint density at radius 1 is 0.0929 bits per heavy atom. The maximum atomic E-state index is 2.36. The minimum atomic E-state index is 1.14. The minimum absolute atomic E-state index is 1.14. The summed E-state index contributed by atoms with van der Waals surface area (Å²) in [6, 6.07) is 195. The predicted octanol–water partition coefficient (Wildman–Crippen LogP) is 38.7. The van der Waals surface area contributed by atoms with Crippen molar-refractivity contribution in [1.29, 1.82) is 0 Å². The van der Waals surface area contributed by atoms with Crippen molar-refractivity contribution in [3.63, 3.8) is 0 Å². The maximum absolute atomic E-state index is 2.36. The third-order valence-electron chi connectivity index (χ3n) is 25.5. The Labute approximate surface area is 824 Å². The topological polar surface area (TPSA) is 16.2 Å². The van der Waals surface area contributed by atoms with E-state index in [0.29, 0.717) is 0 Å². The molecular formula is C135H111N5. The van der Waals surface area contributed by atoms with Gasteiger partial charge in [-0.05, 0) is 318 Å². The van der Waals surface area contributed by atoms with E-state index in [2.05, 4.69) is 619 Å². The van der Waals surface area contributed by atoms with Gasteiger partial charge in [0.05, 0.1) is 0 Å². The van der Waals surface area contributed by atoms with Gasteiger partial charge in [-0.2, -0.15) is 0 Å². The van der Waals surface area contributed by atoms with Crippen LogP contribution in [-0.4, -0.2) is 0 Å². The molecule has 0 saturated heterocycles. The number of para-hydroxylation sites is 3. The first-order chi connectivity index (χ1) is 68.7. The van der Waals surface area contributed by atoms with Gasteiger partial charge in [-0.15, -0.1) is 0 Å². The lowest BCUT2D eigenvalue weighted by molar-refractivity contribution is 1.27. The van der Waals surface area contributed by atoms with E-state index in [1.165, 1.54) is 149 Å². The van der Waals surface area contributed by atoms with Gasteiger partial charge in [-0.1, -0.05) is 403 Å². The van der Waals surface area contributed by atoms with E-state index in [4.69, 9.17) is 0 Å². The molecule has 23 aromatic rings. The molecule has 0 heterocycles. The smallest absolute Gasteiger partial charge is 0.0468 e.